The van der Waals surface area contributed by atoms with Crippen LogP contribution in [0.4, 0.5) is 0 Å². The Morgan fingerprint density at radius 1 is 0.200 bits per heavy atom. The molecule has 9 heteroatoms. The number of hydrogen-bond donors (Lipinski definition) is 0. The van der Waals surface area contributed by atoms with Crippen molar-refractivity contribution < 1.29 is 0 Å². The van der Waals surface area contributed by atoms with Gasteiger partial charge in [0.2, 0.25) is 0 Å². The van der Waals surface area contributed by atoms with Crippen LogP contribution >= 0.6 is 22.7 Å². The Kier molecular flexibility index (Phi) is 14.5. The summed E-state index contributed by atoms with van der Waals surface area (Å²) in [5.74, 6) is 2.68. The third-order valence-electron chi connectivity index (χ3n) is 19.1. The summed E-state index contributed by atoms with van der Waals surface area (Å²) < 4.78 is 9.99. The molecule has 20 aromatic rings. The molecule has 0 radical (unpaired) electrons. The van der Waals surface area contributed by atoms with Crippen molar-refractivity contribution in [1.29, 1.82) is 0 Å². The van der Waals surface area contributed by atoms with Gasteiger partial charge in [-0.1, -0.05) is 279 Å². The van der Waals surface area contributed by atoms with Crippen LogP contribution in [0.2, 0.25) is 0 Å². The van der Waals surface area contributed by atoms with Crippen molar-refractivity contribution in [2.75, 3.05) is 0 Å². The minimum Gasteiger partial charge on any atom is -0.309 e. The summed E-state index contributed by atoms with van der Waals surface area (Å²) in [5, 5.41) is 10.1. The Balaban J connectivity index is 0.000000139. The van der Waals surface area contributed by atoms with Crippen LogP contribution in [0.5, 0.6) is 0 Å². The molecule has 0 amide bonds. The predicted octanol–water partition coefficient (Wildman–Crippen LogP) is 24.6. The first-order chi connectivity index (χ1) is 49.6. The highest BCUT2D eigenvalue weighted by Gasteiger charge is 2.22. The number of fused-ring (bicyclic) bond motifs is 12. The fourth-order valence-electron chi connectivity index (χ4n) is 14.3. The van der Waals surface area contributed by atoms with Gasteiger partial charge in [-0.3, -0.25) is 0 Å². The fraction of sp³-hybridized carbons (Fsp3) is 0. The van der Waals surface area contributed by atoms with Gasteiger partial charge in [0.15, 0.2) is 23.3 Å². The van der Waals surface area contributed by atoms with E-state index in [1.807, 2.05) is 108 Å². The number of thiophene rings is 2. The topological polar surface area (TPSA) is 74.3 Å². The zero-order valence-electron chi connectivity index (χ0n) is 53.9. The molecule has 6 heterocycles. The van der Waals surface area contributed by atoms with Crippen LogP contribution in [-0.2, 0) is 0 Å². The molecule has 6 aromatic heterocycles. The molecule has 0 aliphatic rings. The van der Waals surface area contributed by atoms with Gasteiger partial charge >= 0.3 is 0 Å². The van der Waals surface area contributed by atoms with Gasteiger partial charge in [0.05, 0.1) is 33.5 Å². The third kappa shape index (κ3) is 10.4. The highest BCUT2D eigenvalue weighted by Crippen LogP contribution is 2.46. The largest absolute Gasteiger partial charge is 0.309 e. The maximum atomic E-state index is 5.07. The summed E-state index contributed by atoms with van der Waals surface area (Å²) in [4.78, 5) is 24.9. The number of aromatic nitrogens is 7. The van der Waals surface area contributed by atoms with Gasteiger partial charge < -0.3 is 9.13 Å². The van der Waals surface area contributed by atoms with Crippen LogP contribution < -0.4 is 0 Å². The number of hydrogen-bond acceptors (Lipinski definition) is 7. The lowest BCUT2D eigenvalue weighted by Gasteiger charge is -2.13. The summed E-state index contributed by atoms with van der Waals surface area (Å²) in [7, 11) is 0. The Morgan fingerprint density at radius 3 is 0.840 bits per heavy atom. The minimum atomic E-state index is 0.648. The van der Waals surface area contributed by atoms with Gasteiger partial charge in [-0.15, -0.1) is 22.7 Å². The maximum absolute atomic E-state index is 5.07. The quantitative estimate of drug-likeness (QED) is 0.136. The van der Waals surface area contributed by atoms with Gasteiger partial charge in [0.1, 0.15) is 0 Å². The van der Waals surface area contributed by atoms with Gasteiger partial charge in [0.25, 0.3) is 0 Å². The van der Waals surface area contributed by atoms with E-state index in [4.69, 9.17) is 24.9 Å². The molecule has 0 saturated carbocycles. The second-order valence-corrected chi connectivity index (χ2v) is 27.2. The maximum Gasteiger partial charge on any atom is 0.164 e. The molecule has 14 aromatic carbocycles. The average molecular weight is 1310 g/mol. The van der Waals surface area contributed by atoms with Crippen LogP contribution in [-0.4, -0.2) is 34.1 Å². The monoisotopic (exact) mass is 1310 g/mol. The molecule has 0 atom stereocenters. The lowest BCUT2D eigenvalue weighted by molar-refractivity contribution is 1.07. The SMILES string of the molecule is c1ccc(-c2cc(-c3ccc(-c4cc(-n5c6ccccc6c6ccccc65)cc5c4sc4ccccc45)cc3)nc(-c3ccccc3)n2)cc1.c1ccc(-c2nc(-c3ccccc3)nc(-c3ccc(-c4cc(-n5c6ccccc6c6ccccc65)cc5c4sc4ccccc45)cc3)n2)cc1. The van der Waals surface area contributed by atoms with E-state index in [0.717, 1.165) is 67.5 Å². The highest BCUT2D eigenvalue weighted by atomic mass is 32.1. The second-order valence-electron chi connectivity index (χ2n) is 25.1. The van der Waals surface area contributed by atoms with Gasteiger partial charge in [0, 0.05) is 118 Å². The Labute approximate surface area is 584 Å². The zero-order valence-corrected chi connectivity index (χ0v) is 55.5. The molecule has 0 aliphatic heterocycles. The lowest BCUT2D eigenvalue weighted by atomic mass is 9.99. The fourth-order valence-corrected chi connectivity index (χ4v) is 16.8. The van der Waals surface area contributed by atoms with Crippen LogP contribution in [0.3, 0.4) is 0 Å². The van der Waals surface area contributed by atoms with E-state index in [0.29, 0.717) is 17.5 Å². The summed E-state index contributed by atoms with van der Waals surface area (Å²) in [6.07, 6.45) is 0. The molecule has 0 unspecified atom stereocenters. The van der Waals surface area contributed by atoms with Crippen molar-refractivity contribution in [3.05, 3.63) is 346 Å². The molecule has 7 nitrogen and oxygen atoms in total. The lowest BCUT2D eigenvalue weighted by Crippen LogP contribution is -2.00. The highest BCUT2D eigenvalue weighted by molar-refractivity contribution is 7.26. The van der Waals surface area contributed by atoms with E-state index < -0.39 is 0 Å². The molecule has 100 heavy (non-hydrogen) atoms. The Bertz CT molecular complexity index is 5880. The molecule has 0 fully saturated rings. The van der Waals surface area contributed by atoms with Gasteiger partial charge in [-0.25, -0.2) is 24.9 Å². The first-order valence-corrected chi connectivity index (χ1v) is 35.2. The molecule has 0 bridgehead atoms. The number of benzene rings is 14. The number of para-hydroxylation sites is 4. The summed E-state index contributed by atoms with van der Waals surface area (Å²) >= 11 is 3.72. The van der Waals surface area contributed by atoms with Crippen molar-refractivity contribution >= 4 is 107 Å². The normalized spacial score (nSPS) is 11.6. The third-order valence-corrected chi connectivity index (χ3v) is 21.5. The molecule has 468 valence electrons. The molecule has 0 aliphatic carbocycles. The van der Waals surface area contributed by atoms with Crippen molar-refractivity contribution in [1.82, 2.24) is 34.1 Å². The molecule has 0 saturated heterocycles. The van der Waals surface area contributed by atoms with E-state index in [1.54, 1.807) is 0 Å². The standard InChI is InChI=1S/C46H29N3S.C45H28N4S/c1-3-13-31(14-4-1)40-29-41(48-46(47-40)33-15-5-2-6-16-33)32-25-23-30(24-26-32)38-27-34(28-39-37-19-9-12-22-44(37)50-45(38)39)49-42-20-10-7-17-35(42)36-18-8-11-21-43(36)49;1-3-13-30(14-4-1)43-46-44(31-15-5-2-6-16-31)48-45(47-43)32-25-23-29(24-26-32)37-27-33(28-38-36-19-9-12-22-41(36)50-42(37)38)49-39-20-10-7-17-34(39)35-18-8-11-21-40(35)49/h1-29H;1-28H. The molecule has 20 rings (SSSR count). The summed E-state index contributed by atoms with van der Waals surface area (Å²) in [5.41, 5.74) is 19.7. The van der Waals surface area contributed by atoms with E-state index in [9.17, 15) is 0 Å². The van der Waals surface area contributed by atoms with E-state index >= 15 is 0 Å². The molecular formula is C91H57N7S2. The molecular weight excluding hydrogens is 1260 g/mol. The summed E-state index contributed by atoms with van der Waals surface area (Å²) in [6.45, 7) is 0. The van der Waals surface area contributed by atoms with Gasteiger partial charge in [-0.05, 0) is 77.9 Å². The smallest absolute Gasteiger partial charge is 0.164 e. The van der Waals surface area contributed by atoms with Crippen molar-refractivity contribution in [3.63, 3.8) is 0 Å². The first-order valence-electron chi connectivity index (χ1n) is 33.5. The summed E-state index contributed by atoms with van der Waals surface area (Å²) in [6, 6.07) is 122. The minimum absolute atomic E-state index is 0.648. The van der Waals surface area contributed by atoms with E-state index in [-0.39, 0.29) is 0 Å². The number of rotatable bonds is 10. The van der Waals surface area contributed by atoms with Crippen LogP contribution in [0.1, 0.15) is 0 Å². The number of nitrogens with zero attached hydrogens (tertiary/aromatic N) is 7. The van der Waals surface area contributed by atoms with E-state index in [2.05, 4.69) is 270 Å². The first kappa shape index (κ1) is 58.6. The molecule has 0 N–H and O–H groups in total. The Morgan fingerprint density at radius 2 is 0.470 bits per heavy atom. The van der Waals surface area contributed by atoms with Crippen molar-refractivity contribution in [2.45, 2.75) is 0 Å². The predicted molar refractivity (Wildman–Crippen MR) is 420 cm³/mol. The molecule has 0 spiro atoms. The van der Waals surface area contributed by atoms with Crippen LogP contribution in [0, 0.1) is 0 Å². The van der Waals surface area contributed by atoms with E-state index in [1.165, 1.54) is 101 Å². The van der Waals surface area contributed by atoms with Crippen molar-refractivity contribution in [2.24, 2.45) is 0 Å². The van der Waals surface area contributed by atoms with Gasteiger partial charge in [-0.2, -0.15) is 0 Å². The van der Waals surface area contributed by atoms with Crippen LogP contribution in [0.15, 0.2) is 346 Å². The Hall–Kier alpha value is -12.8. The average Bonchev–Trinajstić information content (AvgIpc) is 1.58. The van der Waals surface area contributed by atoms with Crippen molar-refractivity contribution in [3.8, 4) is 102 Å². The van der Waals surface area contributed by atoms with Crippen LogP contribution in [0.25, 0.3) is 186 Å². The zero-order chi connectivity index (χ0) is 66.0. The second kappa shape index (κ2) is 24.7.